The lowest BCUT2D eigenvalue weighted by Gasteiger charge is -2.08. The second-order valence-corrected chi connectivity index (χ2v) is 5.36. The predicted octanol–water partition coefficient (Wildman–Crippen LogP) is 3.53. The zero-order chi connectivity index (χ0) is 16.9. The van der Waals surface area contributed by atoms with Gasteiger partial charge in [-0.3, -0.25) is 10.1 Å². The van der Waals surface area contributed by atoms with Crippen LogP contribution in [0.25, 0.3) is 10.8 Å². The molecule has 2 aromatic carbocycles. The summed E-state index contributed by atoms with van der Waals surface area (Å²) < 4.78 is 18.3. The monoisotopic (exact) mass is 345 g/mol. The lowest BCUT2D eigenvalue weighted by atomic mass is 10.2. The van der Waals surface area contributed by atoms with Gasteiger partial charge in [0.25, 0.3) is 5.56 Å². The molecule has 0 saturated heterocycles. The minimum absolute atomic E-state index is 0.153. The van der Waals surface area contributed by atoms with E-state index < -0.39 is 11.7 Å². The molecule has 0 fully saturated rings. The average Bonchev–Trinajstić information content (AvgIpc) is 2.61. The van der Waals surface area contributed by atoms with E-state index in [1.807, 2.05) is 30.3 Å². The fourth-order valence-electron chi connectivity index (χ4n) is 2.14. The van der Waals surface area contributed by atoms with Crippen molar-refractivity contribution in [2.24, 2.45) is 0 Å². The van der Waals surface area contributed by atoms with Crippen LogP contribution in [-0.4, -0.2) is 15.3 Å². The summed E-state index contributed by atoms with van der Waals surface area (Å²) in [5, 5.41) is 7.04. The number of carbonyl (C=O) groups excluding carboxylic acids is 1. The molecule has 8 heteroatoms. The van der Waals surface area contributed by atoms with Crippen LogP contribution in [0.1, 0.15) is 5.56 Å². The van der Waals surface area contributed by atoms with Gasteiger partial charge in [-0.25, -0.2) is 4.79 Å². The Hall–Kier alpha value is -2.87. The van der Waals surface area contributed by atoms with Crippen molar-refractivity contribution in [2.75, 3.05) is 5.32 Å². The van der Waals surface area contributed by atoms with Gasteiger partial charge >= 0.3 is 6.09 Å². The summed E-state index contributed by atoms with van der Waals surface area (Å²) in [5.41, 5.74) is 0.769. The van der Waals surface area contributed by atoms with E-state index in [1.165, 1.54) is 12.3 Å². The maximum absolute atomic E-state index is 12.5. The normalized spacial score (nSPS) is 10.5. The zero-order valence-electron chi connectivity index (χ0n) is 12.3. The van der Waals surface area contributed by atoms with Crippen LogP contribution < -0.4 is 10.9 Å². The van der Waals surface area contributed by atoms with Crippen molar-refractivity contribution >= 4 is 34.9 Å². The van der Waals surface area contributed by atoms with Crippen molar-refractivity contribution < 1.29 is 13.4 Å². The van der Waals surface area contributed by atoms with Crippen molar-refractivity contribution in [3.8, 4) is 0 Å². The summed E-state index contributed by atoms with van der Waals surface area (Å²) in [7, 11) is 0. The molecule has 122 valence electrons. The highest BCUT2D eigenvalue weighted by Crippen LogP contribution is 2.17. The van der Waals surface area contributed by atoms with E-state index in [2.05, 4.69) is 10.4 Å². The molecule has 0 radical (unpaired) electrons. The number of benzene rings is 2. The van der Waals surface area contributed by atoms with Crippen LogP contribution in [0.2, 0.25) is 0 Å². The van der Waals surface area contributed by atoms with E-state index in [4.69, 9.17) is 4.74 Å². The first-order valence-corrected chi connectivity index (χ1v) is 7.63. The molecule has 0 aliphatic carbocycles. The summed E-state index contributed by atoms with van der Waals surface area (Å²) in [6.07, 6.45) is 0.739. The van der Waals surface area contributed by atoms with Gasteiger partial charge in [-0.2, -0.15) is 5.10 Å². The van der Waals surface area contributed by atoms with Crippen LogP contribution >= 0.6 is 12.3 Å². The molecule has 0 spiro atoms. The summed E-state index contributed by atoms with van der Waals surface area (Å²) >= 11 is -0.267. The molecule has 0 aliphatic rings. The third-order valence-corrected chi connectivity index (χ3v) is 3.67. The molecule has 0 unspecified atom stereocenters. The topological polar surface area (TPSA) is 73.2 Å². The Bertz CT molecular complexity index is 931. The molecular weight excluding hydrogens is 333 g/mol. The number of hydrogen-bond donors (Lipinski definition) is 1. The van der Waals surface area contributed by atoms with E-state index in [9.17, 15) is 13.5 Å². The van der Waals surface area contributed by atoms with Crippen LogP contribution in [-0.2, 0) is 11.3 Å². The molecule has 1 heterocycles. The molecule has 6 nitrogen and oxygen atoms in total. The van der Waals surface area contributed by atoms with Crippen LogP contribution in [0, 0.1) is 0 Å². The molecule has 1 amide bonds. The maximum Gasteiger partial charge on any atom is 0.411 e. The molecule has 24 heavy (non-hydrogen) atoms. The average molecular weight is 345 g/mol. The SMILES string of the molecule is O=C(Nc1ccc2c(=O)n(SF)ncc2c1)OCc1ccccc1. The lowest BCUT2D eigenvalue weighted by molar-refractivity contribution is 0.155. The summed E-state index contributed by atoms with van der Waals surface area (Å²) in [6, 6.07) is 13.9. The number of amides is 1. The van der Waals surface area contributed by atoms with Gasteiger partial charge in [0, 0.05) is 11.1 Å². The maximum atomic E-state index is 12.5. The van der Waals surface area contributed by atoms with E-state index in [1.54, 1.807) is 12.1 Å². The standard InChI is InChI=1S/C16H12FN3O3S/c17-24-20-15(21)14-7-6-13(8-12(14)9-18-20)19-16(22)23-10-11-4-2-1-3-5-11/h1-9H,10H2,(H,19,22). The Labute approximate surface area is 140 Å². The van der Waals surface area contributed by atoms with E-state index >= 15 is 0 Å². The first-order chi connectivity index (χ1) is 11.7. The van der Waals surface area contributed by atoms with Gasteiger partial charge in [0.05, 0.1) is 11.6 Å². The number of nitrogens with one attached hydrogen (secondary N) is 1. The van der Waals surface area contributed by atoms with Gasteiger partial charge < -0.3 is 4.74 Å². The number of halogens is 1. The highest BCUT2D eigenvalue weighted by atomic mass is 32.2. The second-order valence-electron chi connectivity index (χ2n) is 4.88. The summed E-state index contributed by atoms with van der Waals surface area (Å²) in [4.78, 5) is 23.7. The Morgan fingerprint density at radius 1 is 1.25 bits per heavy atom. The number of nitrogens with zero attached hydrogens (tertiary/aromatic N) is 2. The highest BCUT2D eigenvalue weighted by Gasteiger charge is 2.08. The van der Waals surface area contributed by atoms with Gasteiger partial charge in [-0.05, 0) is 23.8 Å². The minimum atomic E-state index is -0.612. The molecule has 0 atom stereocenters. The minimum Gasteiger partial charge on any atom is -0.444 e. The van der Waals surface area contributed by atoms with Crippen molar-refractivity contribution in [3.63, 3.8) is 0 Å². The predicted molar refractivity (Wildman–Crippen MR) is 90.3 cm³/mol. The van der Waals surface area contributed by atoms with E-state index in [0.29, 0.717) is 20.5 Å². The Morgan fingerprint density at radius 2 is 2.04 bits per heavy atom. The van der Waals surface area contributed by atoms with Crippen LogP contribution in [0.3, 0.4) is 0 Å². The quantitative estimate of drug-likeness (QED) is 0.783. The van der Waals surface area contributed by atoms with E-state index in [-0.39, 0.29) is 18.9 Å². The number of ether oxygens (including phenoxy) is 1. The molecule has 0 saturated carbocycles. The Kier molecular flexibility index (Phi) is 4.76. The fraction of sp³-hybridized carbons (Fsp3) is 0.0625. The molecule has 1 N–H and O–H groups in total. The number of hydrogen-bond acceptors (Lipinski definition) is 5. The van der Waals surface area contributed by atoms with Gasteiger partial charge in [0.15, 0.2) is 12.3 Å². The molecule has 0 bridgehead atoms. The van der Waals surface area contributed by atoms with Gasteiger partial charge in [-0.1, -0.05) is 30.3 Å². The number of aromatic nitrogens is 2. The van der Waals surface area contributed by atoms with Crippen LogP contribution in [0.15, 0.2) is 59.5 Å². The highest BCUT2D eigenvalue weighted by molar-refractivity contribution is 7.92. The summed E-state index contributed by atoms with van der Waals surface area (Å²) in [5.74, 6) is 0. The third-order valence-electron chi connectivity index (χ3n) is 3.28. The van der Waals surface area contributed by atoms with Crippen molar-refractivity contribution in [3.05, 3.63) is 70.6 Å². The Morgan fingerprint density at radius 3 is 2.79 bits per heavy atom. The van der Waals surface area contributed by atoms with Crippen LogP contribution in [0.4, 0.5) is 14.4 Å². The lowest BCUT2D eigenvalue weighted by Crippen LogP contribution is -2.17. The van der Waals surface area contributed by atoms with Crippen molar-refractivity contribution in [1.82, 2.24) is 9.19 Å². The number of fused-ring (bicyclic) bond motifs is 1. The third kappa shape index (κ3) is 3.54. The zero-order valence-corrected chi connectivity index (χ0v) is 13.1. The first kappa shape index (κ1) is 16.0. The largest absolute Gasteiger partial charge is 0.444 e. The Balaban J connectivity index is 1.71. The number of anilines is 1. The van der Waals surface area contributed by atoms with Crippen molar-refractivity contribution in [2.45, 2.75) is 6.61 Å². The second kappa shape index (κ2) is 7.14. The molecule has 3 aromatic rings. The molecular formula is C16H12FN3O3S. The van der Waals surface area contributed by atoms with Crippen LogP contribution in [0.5, 0.6) is 0 Å². The summed E-state index contributed by atoms with van der Waals surface area (Å²) in [6.45, 7) is 0.153. The fourth-order valence-corrected chi connectivity index (χ4v) is 2.38. The molecule has 1 aromatic heterocycles. The van der Waals surface area contributed by atoms with Crippen molar-refractivity contribution in [1.29, 1.82) is 0 Å². The van der Waals surface area contributed by atoms with Gasteiger partial charge in [0.2, 0.25) is 0 Å². The van der Waals surface area contributed by atoms with E-state index in [0.717, 1.165) is 5.56 Å². The number of carbonyl (C=O) groups is 1. The van der Waals surface area contributed by atoms with Gasteiger partial charge in [0.1, 0.15) is 6.61 Å². The first-order valence-electron chi connectivity index (χ1n) is 6.96. The van der Waals surface area contributed by atoms with Gasteiger partial charge in [-0.15, -0.1) is 7.97 Å². The smallest absolute Gasteiger partial charge is 0.411 e. The number of rotatable bonds is 4. The molecule has 3 rings (SSSR count). The molecule has 0 aliphatic heterocycles.